The first-order chi connectivity index (χ1) is 14.6. The van der Waals surface area contributed by atoms with Crippen molar-refractivity contribution >= 4 is 28.4 Å². The van der Waals surface area contributed by atoms with Crippen molar-refractivity contribution in [1.82, 2.24) is 0 Å². The summed E-state index contributed by atoms with van der Waals surface area (Å²) in [6, 6.07) is 25.0. The lowest BCUT2D eigenvalue weighted by Crippen LogP contribution is -2.25. The largest absolute Gasteiger partial charge is 0.488 e. The highest BCUT2D eigenvalue weighted by Crippen LogP contribution is 2.30. The lowest BCUT2D eigenvalue weighted by molar-refractivity contribution is 0.131. The second-order valence-corrected chi connectivity index (χ2v) is 9.01. The third kappa shape index (κ3) is 6.07. The zero-order chi connectivity index (χ0) is 22.6. The van der Waals surface area contributed by atoms with E-state index in [1.54, 1.807) is 0 Å². The van der Waals surface area contributed by atoms with Crippen LogP contribution in [-0.2, 0) is 0 Å². The van der Waals surface area contributed by atoms with E-state index in [9.17, 15) is 0 Å². The molecule has 0 amide bonds. The molecule has 5 heteroatoms. The molecule has 0 spiro atoms. The van der Waals surface area contributed by atoms with Crippen molar-refractivity contribution in [2.45, 2.75) is 26.4 Å². The van der Waals surface area contributed by atoms with Crippen LogP contribution >= 0.6 is 0 Å². The van der Waals surface area contributed by atoms with Crippen molar-refractivity contribution in [3.63, 3.8) is 0 Å². The van der Waals surface area contributed by atoms with Crippen molar-refractivity contribution in [2.24, 2.45) is 0 Å². The molecule has 0 aliphatic carbocycles. The van der Waals surface area contributed by atoms with Gasteiger partial charge in [0, 0.05) is 39.6 Å². The SMILES string of the molecule is CN(C)c1ccc(NN(c2ccc(OC(C)(C)C)cc2)c2ccc(N(C)C)cc2)cc1. The topological polar surface area (TPSA) is 31.0 Å². The molecule has 0 unspecified atom stereocenters. The first kappa shape index (κ1) is 22.3. The molecule has 3 aromatic rings. The van der Waals surface area contributed by atoms with Gasteiger partial charge in [0.25, 0.3) is 0 Å². The Hall–Kier alpha value is -3.34. The van der Waals surface area contributed by atoms with E-state index in [1.165, 1.54) is 0 Å². The molecule has 0 saturated carbocycles. The van der Waals surface area contributed by atoms with Crippen molar-refractivity contribution in [2.75, 3.05) is 48.4 Å². The Morgan fingerprint density at radius 3 is 1.39 bits per heavy atom. The highest BCUT2D eigenvalue weighted by molar-refractivity contribution is 5.71. The fourth-order valence-corrected chi connectivity index (χ4v) is 3.16. The minimum absolute atomic E-state index is 0.227. The Morgan fingerprint density at radius 2 is 0.968 bits per heavy atom. The van der Waals surface area contributed by atoms with Gasteiger partial charge in [0.2, 0.25) is 0 Å². The van der Waals surface area contributed by atoms with E-state index in [1.807, 2.05) is 40.3 Å². The van der Waals surface area contributed by atoms with Gasteiger partial charge in [-0.1, -0.05) is 0 Å². The predicted octanol–water partition coefficient (Wildman–Crippen LogP) is 6.16. The van der Waals surface area contributed by atoms with Crippen LogP contribution in [0.5, 0.6) is 5.75 Å². The van der Waals surface area contributed by atoms with Crippen LogP contribution in [0.1, 0.15) is 20.8 Å². The highest BCUT2D eigenvalue weighted by atomic mass is 16.5. The lowest BCUT2D eigenvalue weighted by atomic mass is 10.2. The molecule has 0 aromatic heterocycles. The van der Waals surface area contributed by atoms with Crippen molar-refractivity contribution in [3.8, 4) is 5.75 Å². The summed E-state index contributed by atoms with van der Waals surface area (Å²) >= 11 is 0. The van der Waals surface area contributed by atoms with Gasteiger partial charge >= 0.3 is 0 Å². The van der Waals surface area contributed by atoms with Gasteiger partial charge in [-0.3, -0.25) is 10.4 Å². The molecule has 5 nitrogen and oxygen atoms in total. The average molecular weight is 419 g/mol. The van der Waals surface area contributed by atoms with Gasteiger partial charge in [0.1, 0.15) is 11.4 Å². The summed E-state index contributed by atoms with van der Waals surface area (Å²) in [5.41, 5.74) is 8.73. The summed E-state index contributed by atoms with van der Waals surface area (Å²) in [6.07, 6.45) is 0. The molecule has 164 valence electrons. The van der Waals surface area contributed by atoms with Crippen LogP contribution in [-0.4, -0.2) is 33.8 Å². The molecule has 0 heterocycles. The monoisotopic (exact) mass is 418 g/mol. The summed E-state index contributed by atoms with van der Waals surface area (Å²) in [5, 5.41) is 2.09. The van der Waals surface area contributed by atoms with Gasteiger partial charge in [-0.25, -0.2) is 0 Å². The van der Waals surface area contributed by atoms with Crippen molar-refractivity contribution in [3.05, 3.63) is 72.8 Å². The van der Waals surface area contributed by atoms with Crippen LogP contribution in [0.25, 0.3) is 0 Å². The lowest BCUT2D eigenvalue weighted by Gasteiger charge is -2.28. The van der Waals surface area contributed by atoms with Crippen LogP contribution in [0.2, 0.25) is 0 Å². The first-order valence-electron chi connectivity index (χ1n) is 10.5. The number of nitrogens with one attached hydrogen (secondary N) is 1. The molecule has 0 fully saturated rings. The quantitative estimate of drug-likeness (QED) is 0.464. The molecule has 0 atom stereocenters. The Balaban J connectivity index is 1.91. The highest BCUT2D eigenvalue weighted by Gasteiger charge is 2.14. The van der Waals surface area contributed by atoms with Crippen LogP contribution < -0.4 is 25.0 Å². The van der Waals surface area contributed by atoms with Gasteiger partial charge in [-0.05, 0) is 93.6 Å². The summed E-state index contributed by atoms with van der Waals surface area (Å²) < 4.78 is 5.99. The smallest absolute Gasteiger partial charge is 0.120 e. The van der Waals surface area contributed by atoms with Gasteiger partial charge in [-0.2, -0.15) is 0 Å². The van der Waals surface area contributed by atoms with E-state index in [-0.39, 0.29) is 5.60 Å². The predicted molar refractivity (Wildman–Crippen MR) is 134 cm³/mol. The van der Waals surface area contributed by atoms with Crippen LogP contribution in [0.15, 0.2) is 72.8 Å². The molecule has 3 aromatic carbocycles. The number of nitrogens with zero attached hydrogens (tertiary/aromatic N) is 3. The maximum Gasteiger partial charge on any atom is 0.120 e. The van der Waals surface area contributed by atoms with E-state index in [2.05, 4.69) is 102 Å². The minimum Gasteiger partial charge on any atom is -0.488 e. The first-order valence-corrected chi connectivity index (χ1v) is 10.5. The van der Waals surface area contributed by atoms with Gasteiger partial charge in [-0.15, -0.1) is 0 Å². The summed E-state index contributed by atoms with van der Waals surface area (Å²) in [5.74, 6) is 0.856. The fraction of sp³-hybridized carbons (Fsp3) is 0.308. The normalized spacial score (nSPS) is 11.1. The number of ether oxygens (including phenoxy) is 1. The number of rotatable bonds is 7. The molecule has 1 N–H and O–H groups in total. The molecular formula is C26H34N4O. The third-order valence-corrected chi connectivity index (χ3v) is 4.77. The average Bonchev–Trinajstić information content (AvgIpc) is 2.72. The standard InChI is InChI=1S/C26H34N4O/c1-26(2,3)31-25-18-16-24(17-19-25)30(23-14-12-22(13-15-23)29(6)7)27-20-8-10-21(11-9-20)28(4)5/h8-19,27H,1-7H3. The van der Waals surface area contributed by atoms with E-state index in [4.69, 9.17) is 4.74 Å². The summed E-state index contributed by atoms with van der Waals surface area (Å²) in [4.78, 5) is 4.19. The van der Waals surface area contributed by atoms with Crippen LogP contribution in [0, 0.1) is 0 Å². The molecule has 3 rings (SSSR count). The summed E-state index contributed by atoms with van der Waals surface area (Å²) in [7, 11) is 8.18. The number of hydrazine groups is 1. The molecule has 31 heavy (non-hydrogen) atoms. The van der Waals surface area contributed by atoms with Gasteiger partial charge < -0.3 is 14.5 Å². The van der Waals surface area contributed by atoms with E-state index < -0.39 is 0 Å². The maximum absolute atomic E-state index is 5.99. The minimum atomic E-state index is -0.227. The van der Waals surface area contributed by atoms with Crippen molar-refractivity contribution < 1.29 is 4.74 Å². The second kappa shape index (κ2) is 9.21. The third-order valence-electron chi connectivity index (χ3n) is 4.77. The fourth-order valence-electron chi connectivity index (χ4n) is 3.16. The van der Waals surface area contributed by atoms with Crippen molar-refractivity contribution in [1.29, 1.82) is 0 Å². The number of hydrogen-bond donors (Lipinski definition) is 1. The molecular weight excluding hydrogens is 384 g/mol. The number of benzene rings is 3. The Morgan fingerprint density at radius 1 is 0.581 bits per heavy atom. The zero-order valence-electron chi connectivity index (χ0n) is 19.7. The Labute approximate surface area is 186 Å². The van der Waals surface area contributed by atoms with E-state index in [0.29, 0.717) is 0 Å². The molecule has 0 aliphatic heterocycles. The number of anilines is 5. The van der Waals surface area contributed by atoms with Crippen LogP contribution in [0.4, 0.5) is 28.4 Å². The van der Waals surface area contributed by atoms with E-state index in [0.717, 1.165) is 34.2 Å². The maximum atomic E-state index is 5.99. The van der Waals surface area contributed by atoms with Gasteiger partial charge in [0.15, 0.2) is 0 Å². The number of hydrogen-bond acceptors (Lipinski definition) is 5. The zero-order valence-corrected chi connectivity index (χ0v) is 19.7. The van der Waals surface area contributed by atoms with Crippen LogP contribution in [0.3, 0.4) is 0 Å². The van der Waals surface area contributed by atoms with E-state index >= 15 is 0 Å². The Kier molecular flexibility index (Phi) is 6.64. The molecule has 0 bridgehead atoms. The molecule has 0 radical (unpaired) electrons. The molecule has 0 aliphatic rings. The second-order valence-electron chi connectivity index (χ2n) is 9.01. The molecule has 0 saturated heterocycles. The summed E-state index contributed by atoms with van der Waals surface area (Å²) in [6.45, 7) is 6.16. The van der Waals surface area contributed by atoms with Gasteiger partial charge in [0.05, 0.1) is 17.1 Å². The Bertz CT molecular complexity index is 956.